The van der Waals surface area contributed by atoms with Crippen LogP contribution in [0.4, 0.5) is 0 Å². The molecule has 90 valence electrons. The van der Waals surface area contributed by atoms with E-state index in [-0.39, 0.29) is 6.04 Å². The van der Waals surface area contributed by atoms with Crippen molar-refractivity contribution in [3.8, 4) is 0 Å². The van der Waals surface area contributed by atoms with Crippen LogP contribution in [0.15, 0.2) is 24.4 Å². The molecule has 4 nitrogen and oxygen atoms in total. The monoisotopic (exact) mass is 230 g/mol. The van der Waals surface area contributed by atoms with Gasteiger partial charge in [-0.3, -0.25) is 4.68 Å². The van der Waals surface area contributed by atoms with Gasteiger partial charge in [0.05, 0.1) is 17.9 Å². The smallest absolute Gasteiger partial charge is 0.0798 e. The van der Waals surface area contributed by atoms with Crippen LogP contribution in [0.25, 0.3) is 0 Å². The maximum Gasteiger partial charge on any atom is 0.0798 e. The first-order valence-corrected chi connectivity index (χ1v) is 5.72. The lowest BCUT2D eigenvalue weighted by Crippen LogP contribution is -2.20. The molecule has 1 N–H and O–H groups in total. The quantitative estimate of drug-likeness (QED) is 0.873. The first-order chi connectivity index (χ1) is 8.11. The number of rotatable bonds is 3. The highest BCUT2D eigenvalue weighted by atomic mass is 15.4. The fraction of sp³-hybridized carbons (Fsp3) is 0.385. The number of hydrogen-bond acceptors (Lipinski definition) is 3. The summed E-state index contributed by atoms with van der Waals surface area (Å²) in [5, 5.41) is 11.2. The van der Waals surface area contributed by atoms with Crippen LogP contribution < -0.4 is 5.32 Å². The Labute approximate surface area is 102 Å². The molecule has 0 bridgehead atoms. The first-order valence-electron chi connectivity index (χ1n) is 5.72. The Morgan fingerprint density at radius 1 is 1.18 bits per heavy atom. The molecular weight excluding hydrogens is 212 g/mol. The van der Waals surface area contributed by atoms with Crippen molar-refractivity contribution < 1.29 is 0 Å². The second kappa shape index (κ2) is 4.67. The van der Waals surface area contributed by atoms with Crippen molar-refractivity contribution in [1.29, 1.82) is 0 Å². The van der Waals surface area contributed by atoms with Crippen LogP contribution in [0.3, 0.4) is 0 Å². The molecule has 1 aromatic carbocycles. The molecule has 0 aliphatic rings. The Kier molecular flexibility index (Phi) is 3.24. The highest BCUT2D eigenvalue weighted by molar-refractivity contribution is 5.34. The third-order valence-electron chi connectivity index (χ3n) is 2.91. The van der Waals surface area contributed by atoms with E-state index in [1.165, 1.54) is 16.7 Å². The summed E-state index contributed by atoms with van der Waals surface area (Å²) in [4.78, 5) is 0. The van der Waals surface area contributed by atoms with Gasteiger partial charge in [-0.2, -0.15) is 0 Å². The van der Waals surface area contributed by atoms with E-state index in [2.05, 4.69) is 47.7 Å². The van der Waals surface area contributed by atoms with Crippen molar-refractivity contribution in [2.45, 2.75) is 19.9 Å². The van der Waals surface area contributed by atoms with Gasteiger partial charge in [0.2, 0.25) is 0 Å². The van der Waals surface area contributed by atoms with Gasteiger partial charge >= 0.3 is 0 Å². The molecule has 2 rings (SSSR count). The first kappa shape index (κ1) is 11.8. The summed E-state index contributed by atoms with van der Waals surface area (Å²) in [6.07, 6.45) is 1.80. The summed E-state index contributed by atoms with van der Waals surface area (Å²) in [7, 11) is 3.87. The molecule has 0 saturated carbocycles. The zero-order valence-corrected chi connectivity index (χ0v) is 10.7. The van der Waals surface area contributed by atoms with Crippen LogP contribution in [0.2, 0.25) is 0 Å². The summed E-state index contributed by atoms with van der Waals surface area (Å²) < 4.78 is 1.80. The molecule has 4 heteroatoms. The lowest BCUT2D eigenvalue weighted by Gasteiger charge is -2.17. The van der Waals surface area contributed by atoms with Crippen LogP contribution in [0, 0.1) is 13.8 Å². The van der Waals surface area contributed by atoms with E-state index in [4.69, 9.17) is 0 Å². The molecule has 0 aliphatic carbocycles. The molecule has 0 radical (unpaired) electrons. The molecule has 0 fully saturated rings. The molecule has 1 atom stereocenters. The Hall–Kier alpha value is -1.68. The van der Waals surface area contributed by atoms with Crippen LogP contribution in [-0.2, 0) is 7.05 Å². The fourth-order valence-electron chi connectivity index (χ4n) is 2.22. The zero-order chi connectivity index (χ0) is 12.4. The molecule has 17 heavy (non-hydrogen) atoms. The molecule has 0 amide bonds. The highest BCUT2D eigenvalue weighted by Crippen LogP contribution is 2.22. The van der Waals surface area contributed by atoms with Gasteiger partial charge in [-0.25, -0.2) is 0 Å². The van der Waals surface area contributed by atoms with Crippen LogP contribution in [0.1, 0.15) is 28.4 Å². The summed E-state index contributed by atoms with van der Waals surface area (Å²) in [5.74, 6) is 0. The zero-order valence-electron chi connectivity index (χ0n) is 10.7. The third-order valence-corrected chi connectivity index (χ3v) is 2.91. The molecule has 2 aromatic rings. The SMILES string of the molecule is CNC(c1cc(C)cc(C)c1)c1cnnn1C. The number of nitrogens with zero attached hydrogens (tertiary/aromatic N) is 3. The molecule has 1 heterocycles. The summed E-state index contributed by atoms with van der Waals surface area (Å²) in [6, 6.07) is 6.70. The van der Waals surface area contributed by atoms with Crippen molar-refractivity contribution >= 4 is 0 Å². The van der Waals surface area contributed by atoms with Gasteiger partial charge in [0.25, 0.3) is 0 Å². The Morgan fingerprint density at radius 2 is 1.82 bits per heavy atom. The van der Waals surface area contributed by atoms with E-state index >= 15 is 0 Å². The summed E-state index contributed by atoms with van der Waals surface area (Å²) in [5.41, 5.74) is 4.86. The molecule has 1 aromatic heterocycles. The minimum Gasteiger partial charge on any atom is -0.308 e. The second-order valence-corrected chi connectivity index (χ2v) is 4.43. The number of nitrogens with one attached hydrogen (secondary N) is 1. The van der Waals surface area contributed by atoms with Gasteiger partial charge in [0, 0.05) is 7.05 Å². The van der Waals surface area contributed by atoms with E-state index in [0.29, 0.717) is 0 Å². The van der Waals surface area contributed by atoms with Crippen molar-refractivity contribution in [3.05, 3.63) is 46.8 Å². The van der Waals surface area contributed by atoms with Gasteiger partial charge in [-0.1, -0.05) is 34.5 Å². The number of aryl methyl sites for hydroxylation is 3. The van der Waals surface area contributed by atoms with Crippen LogP contribution in [-0.4, -0.2) is 22.0 Å². The predicted octanol–water partition coefficient (Wildman–Crippen LogP) is 1.74. The normalized spacial score (nSPS) is 12.7. The largest absolute Gasteiger partial charge is 0.308 e. The molecule has 0 aliphatic heterocycles. The predicted molar refractivity (Wildman–Crippen MR) is 67.8 cm³/mol. The van der Waals surface area contributed by atoms with E-state index in [1.807, 2.05) is 14.1 Å². The van der Waals surface area contributed by atoms with Crippen LogP contribution in [0.5, 0.6) is 0 Å². The second-order valence-electron chi connectivity index (χ2n) is 4.43. The highest BCUT2D eigenvalue weighted by Gasteiger charge is 2.16. The van der Waals surface area contributed by atoms with Gasteiger partial charge in [0.15, 0.2) is 0 Å². The minimum atomic E-state index is 0.133. The van der Waals surface area contributed by atoms with Crippen molar-refractivity contribution in [2.75, 3.05) is 7.05 Å². The van der Waals surface area contributed by atoms with Crippen molar-refractivity contribution in [1.82, 2.24) is 20.3 Å². The molecule has 1 unspecified atom stereocenters. The van der Waals surface area contributed by atoms with Gasteiger partial charge in [-0.05, 0) is 26.5 Å². The number of benzene rings is 1. The Balaban J connectivity index is 2.45. The van der Waals surface area contributed by atoms with Crippen LogP contribution >= 0.6 is 0 Å². The third kappa shape index (κ3) is 2.36. The van der Waals surface area contributed by atoms with Gasteiger partial charge in [0.1, 0.15) is 0 Å². The summed E-state index contributed by atoms with van der Waals surface area (Å²) in [6.45, 7) is 4.23. The average Bonchev–Trinajstić information content (AvgIpc) is 2.65. The average molecular weight is 230 g/mol. The lowest BCUT2D eigenvalue weighted by molar-refractivity contribution is 0.597. The number of aromatic nitrogens is 3. The molecular formula is C13H18N4. The lowest BCUT2D eigenvalue weighted by atomic mass is 9.99. The van der Waals surface area contributed by atoms with Gasteiger partial charge in [-0.15, -0.1) is 5.10 Å². The topological polar surface area (TPSA) is 42.7 Å². The Morgan fingerprint density at radius 3 is 2.29 bits per heavy atom. The van der Waals surface area contributed by atoms with E-state index in [1.54, 1.807) is 10.9 Å². The maximum atomic E-state index is 3.98. The Bertz CT molecular complexity index is 496. The van der Waals surface area contributed by atoms with E-state index < -0.39 is 0 Å². The molecule has 0 saturated heterocycles. The minimum absolute atomic E-state index is 0.133. The van der Waals surface area contributed by atoms with E-state index in [9.17, 15) is 0 Å². The summed E-state index contributed by atoms with van der Waals surface area (Å²) >= 11 is 0. The van der Waals surface area contributed by atoms with E-state index in [0.717, 1.165) is 5.69 Å². The van der Waals surface area contributed by atoms with Gasteiger partial charge < -0.3 is 5.32 Å². The van der Waals surface area contributed by atoms with Crippen molar-refractivity contribution in [3.63, 3.8) is 0 Å². The number of hydrogen-bond donors (Lipinski definition) is 1. The maximum absolute atomic E-state index is 3.98. The van der Waals surface area contributed by atoms with Crippen molar-refractivity contribution in [2.24, 2.45) is 7.05 Å². The standard InChI is InChI=1S/C13H18N4/c1-9-5-10(2)7-11(6-9)13(14-3)12-8-15-16-17(12)4/h5-8,13-14H,1-4H3. The fourth-order valence-corrected chi connectivity index (χ4v) is 2.22. The molecule has 0 spiro atoms.